The second-order valence-corrected chi connectivity index (χ2v) is 7.26. The summed E-state index contributed by atoms with van der Waals surface area (Å²) in [4.78, 5) is 28.7. The molecule has 0 N–H and O–H groups in total. The van der Waals surface area contributed by atoms with Crippen molar-refractivity contribution in [3.63, 3.8) is 0 Å². The van der Waals surface area contributed by atoms with Crippen LogP contribution in [0.25, 0.3) is 0 Å². The molecule has 0 bridgehead atoms. The summed E-state index contributed by atoms with van der Waals surface area (Å²) >= 11 is 0. The standard InChI is InChI=1S/C23H25N5O3/c29-23(28-14-12-27(13-15-28)17-20-5-9-25-18-26-20)31-22-3-1-19(2-4-22)8-16-30-21-6-10-24-11-7-21/h1-7,9-11,18H,8,12-17H2. The van der Waals surface area contributed by atoms with Crippen LogP contribution in [0.3, 0.4) is 0 Å². The van der Waals surface area contributed by atoms with Crippen molar-refractivity contribution in [3.05, 3.63) is 78.6 Å². The first-order valence-corrected chi connectivity index (χ1v) is 10.3. The van der Waals surface area contributed by atoms with Crippen LogP contribution in [0.2, 0.25) is 0 Å². The molecule has 1 aromatic carbocycles. The normalized spacial score (nSPS) is 14.3. The van der Waals surface area contributed by atoms with Crippen LogP contribution in [0.4, 0.5) is 4.79 Å². The van der Waals surface area contributed by atoms with Gasteiger partial charge in [-0.05, 0) is 35.9 Å². The fourth-order valence-corrected chi connectivity index (χ4v) is 3.34. The highest BCUT2D eigenvalue weighted by Gasteiger charge is 2.22. The molecule has 1 amide bonds. The van der Waals surface area contributed by atoms with Crippen molar-refractivity contribution in [1.82, 2.24) is 24.8 Å². The monoisotopic (exact) mass is 419 g/mol. The lowest BCUT2D eigenvalue weighted by Crippen LogP contribution is -2.49. The first-order valence-electron chi connectivity index (χ1n) is 10.3. The highest BCUT2D eigenvalue weighted by Crippen LogP contribution is 2.16. The van der Waals surface area contributed by atoms with E-state index in [2.05, 4.69) is 19.9 Å². The average molecular weight is 419 g/mol. The first-order chi connectivity index (χ1) is 15.3. The van der Waals surface area contributed by atoms with E-state index in [1.165, 1.54) is 0 Å². The molecule has 3 heterocycles. The minimum atomic E-state index is -0.310. The summed E-state index contributed by atoms with van der Waals surface area (Å²) in [5.41, 5.74) is 2.10. The van der Waals surface area contributed by atoms with Gasteiger partial charge in [-0.2, -0.15) is 0 Å². The van der Waals surface area contributed by atoms with Gasteiger partial charge >= 0.3 is 6.09 Å². The summed E-state index contributed by atoms with van der Waals surface area (Å²) in [5, 5.41) is 0. The number of piperazine rings is 1. The van der Waals surface area contributed by atoms with Crippen LogP contribution >= 0.6 is 0 Å². The van der Waals surface area contributed by atoms with Crippen molar-refractivity contribution in [1.29, 1.82) is 0 Å². The smallest absolute Gasteiger partial charge is 0.415 e. The molecular formula is C23H25N5O3. The number of benzene rings is 1. The minimum Gasteiger partial charge on any atom is -0.493 e. The second-order valence-electron chi connectivity index (χ2n) is 7.26. The highest BCUT2D eigenvalue weighted by atomic mass is 16.6. The van der Waals surface area contributed by atoms with Gasteiger partial charge in [-0.3, -0.25) is 9.88 Å². The number of ether oxygens (including phenoxy) is 2. The fraction of sp³-hybridized carbons (Fsp3) is 0.304. The van der Waals surface area contributed by atoms with Crippen molar-refractivity contribution in [2.75, 3.05) is 32.8 Å². The zero-order valence-corrected chi connectivity index (χ0v) is 17.3. The minimum absolute atomic E-state index is 0.310. The van der Waals surface area contributed by atoms with Crippen LogP contribution in [0.1, 0.15) is 11.3 Å². The fourth-order valence-electron chi connectivity index (χ4n) is 3.34. The van der Waals surface area contributed by atoms with Crippen molar-refractivity contribution >= 4 is 6.09 Å². The Bertz CT molecular complexity index is 946. The van der Waals surface area contributed by atoms with Crippen molar-refractivity contribution < 1.29 is 14.3 Å². The van der Waals surface area contributed by atoms with E-state index < -0.39 is 0 Å². The molecule has 0 radical (unpaired) electrons. The van der Waals surface area contributed by atoms with Crippen molar-refractivity contribution in [2.45, 2.75) is 13.0 Å². The average Bonchev–Trinajstić information content (AvgIpc) is 2.82. The van der Waals surface area contributed by atoms with E-state index in [1.807, 2.05) is 42.5 Å². The van der Waals surface area contributed by atoms with Gasteiger partial charge in [0.15, 0.2) is 0 Å². The van der Waals surface area contributed by atoms with Gasteiger partial charge in [0.2, 0.25) is 0 Å². The number of carbonyl (C=O) groups is 1. The summed E-state index contributed by atoms with van der Waals surface area (Å²) in [7, 11) is 0. The zero-order chi connectivity index (χ0) is 21.3. The lowest BCUT2D eigenvalue weighted by molar-refractivity contribution is 0.107. The van der Waals surface area contributed by atoms with Gasteiger partial charge in [0.25, 0.3) is 0 Å². The molecule has 1 saturated heterocycles. The van der Waals surface area contributed by atoms with Crippen LogP contribution in [-0.2, 0) is 13.0 Å². The van der Waals surface area contributed by atoms with Gasteiger partial charge < -0.3 is 14.4 Å². The van der Waals surface area contributed by atoms with Gasteiger partial charge in [0, 0.05) is 57.7 Å². The van der Waals surface area contributed by atoms with Gasteiger partial charge in [0.1, 0.15) is 17.8 Å². The third-order valence-electron chi connectivity index (χ3n) is 5.10. The molecule has 1 aliphatic rings. The number of amides is 1. The summed E-state index contributed by atoms with van der Waals surface area (Å²) in [6, 6.07) is 13.1. The Labute approximate surface area is 181 Å². The quantitative estimate of drug-likeness (QED) is 0.582. The molecule has 0 saturated carbocycles. The van der Waals surface area contributed by atoms with Crippen LogP contribution in [0, 0.1) is 0 Å². The molecule has 3 aromatic rings. The predicted molar refractivity (Wildman–Crippen MR) is 115 cm³/mol. The SMILES string of the molecule is O=C(Oc1ccc(CCOc2ccncc2)cc1)N1CCN(Cc2ccncn2)CC1. The predicted octanol–water partition coefficient (Wildman–Crippen LogP) is 2.81. The van der Waals surface area contributed by atoms with Gasteiger partial charge in [-0.15, -0.1) is 0 Å². The number of pyridine rings is 1. The maximum absolute atomic E-state index is 12.5. The largest absolute Gasteiger partial charge is 0.493 e. The van der Waals surface area contributed by atoms with Gasteiger partial charge in [-0.25, -0.2) is 14.8 Å². The Hall–Kier alpha value is -3.52. The summed E-state index contributed by atoms with van der Waals surface area (Å²) in [5.74, 6) is 1.35. The number of rotatable bonds is 7. The Morgan fingerprint density at radius 2 is 1.61 bits per heavy atom. The molecule has 160 valence electrons. The molecule has 1 fully saturated rings. The lowest BCUT2D eigenvalue weighted by atomic mass is 10.1. The number of hydrogen-bond donors (Lipinski definition) is 0. The van der Waals surface area contributed by atoms with E-state index in [-0.39, 0.29) is 6.09 Å². The van der Waals surface area contributed by atoms with E-state index in [0.29, 0.717) is 25.4 Å². The molecule has 31 heavy (non-hydrogen) atoms. The summed E-state index contributed by atoms with van der Waals surface area (Å²) < 4.78 is 11.2. The van der Waals surface area contributed by atoms with Crippen LogP contribution in [0.5, 0.6) is 11.5 Å². The molecule has 8 heteroatoms. The molecule has 0 aliphatic carbocycles. The van der Waals surface area contributed by atoms with E-state index in [0.717, 1.165) is 43.1 Å². The lowest BCUT2D eigenvalue weighted by Gasteiger charge is -2.33. The second kappa shape index (κ2) is 10.5. The van der Waals surface area contributed by atoms with Crippen LogP contribution in [-0.4, -0.2) is 63.6 Å². The van der Waals surface area contributed by atoms with E-state index in [1.54, 1.807) is 29.8 Å². The molecule has 0 unspecified atom stereocenters. The Morgan fingerprint density at radius 1 is 0.871 bits per heavy atom. The highest BCUT2D eigenvalue weighted by molar-refractivity contribution is 5.70. The summed E-state index contributed by atoms with van der Waals surface area (Å²) in [6.45, 7) is 4.17. The molecule has 0 spiro atoms. The maximum Gasteiger partial charge on any atom is 0.415 e. The number of nitrogens with zero attached hydrogens (tertiary/aromatic N) is 5. The van der Waals surface area contributed by atoms with Gasteiger partial charge in [0.05, 0.1) is 12.3 Å². The molecular weight excluding hydrogens is 394 g/mol. The molecule has 1 aliphatic heterocycles. The van der Waals surface area contributed by atoms with E-state index >= 15 is 0 Å². The Morgan fingerprint density at radius 3 is 2.32 bits per heavy atom. The Kier molecular flexibility index (Phi) is 7.02. The first kappa shape index (κ1) is 20.7. The van der Waals surface area contributed by atoms with Crippen molar-refractivity contribution in [2.24, 2.45) is 0 Å². The number of hydrogen-bond acceptors (Lipinski definition) is 7. The van der Waals surface area contributed by atoms with Gasteiger partial charge in [-0.1, -0.05) is 12.1 Å². The van der Waals surface area contributed by atoms with Crippen LogP contribution in [0.15, 0.2) is 67.4 Å². The molecule has 8 nitrogen and oxygen atoms in total. The zero-order valence-electron chi connectivity index (χ0n) is 17.3. The maximum atomic E-state index is 12.5. The van der Waals surface area contributed by atoms with Crippen LogP contribution < -0.4 is 9.47 Å². The third-order valence-corrected chi connectivity index (χ3v) is 5.10. The molecule has 2 aromatic heterocycles. The topological polar surface area (TPSA) is 80.7 Å². The molecule has 4 rings (SSSR count). The number of aromatic nitrogens is 3. The number of carbonyl (C=O) groups excluding carboxylic acids is 1. The van der Waals surface area contributed by atoms with E-state index in [4.69, 9.17) is 9.47 Å². The third kappa shape index (κ3) is 6.23. The van der Waals surface area contributed by atoms with Crippen molar-refractivity contribution in [3.8, 4) is 11.5 Å². The summed E-state index contributed by atoms with van der Waals surface area (Å²) in [6.07, 6.45) is 7.17. The molecule has 0 atom stereocenters. The van der Waals surface area contributed by atoms with E-state index in [9.17, 15) is 4.79 Å². The Balaban J connectivity index is 1.19.